The van der Waals surface area contributed by atoms with E-state index in [1.165, 1.54) is 4.31 Å². The van der Waals surface area contributed by atoms with Gasteiger partial charge in [-0.05, 0) is 31.5 Å². The topological polar surface area (TPSA) is 37.4 Å². The van der Waals surface area contributed by atoms with Crippen molar-refractivity contribution >= 4 is 35.8 Å². The zero-order valence-corrected chi connectivity index (χ0v) is 12.2. The van der Waals surface area contributed by atoms with Crippen LogP contribution in [0.3, 0.4) is 0 Å². The molecule has 0 N–H and O–H groups in total. The highest BCUT2D eigenvalue weighted by Gasteiger charge is 2.22. The van der Waals surface area contributed by atoms with Crippen molar-refractivity contribution < 1.29 is 8.42 Å². The van der Waals surface area contributed by atoms with Crippen molar-refractivity contribution in [2.75, 3.05) is 0 Å². The van der Waals surface area contributed by atoms with Gasteiger partial charge in [0.2, 0.25) is 0 Å². The Bertz CT molecular complexity index is 462. The van der Waals surface area contributed by atoms with E-state index in [0.717, 1.165) is 10.0 Å². The number of hydrogen-bond acceptors (Lipinski definition) is 2. The maximum atomic E-state index is 11.3. The molecule has 3 nitrogen and oxygen atoms in total. The third-order valence-corrected chi connectivity index (χ3v) is 4.22. The standard InChI is InChI=1S/C10H13BrClNO2S/c1-8(2)13(16(12,14)15)7-9-4-3-5-10(11)6-9/h3-6,8H,7H2,1-2H3. The SMILES string of the molecule is CC(C)N(Cc1cccc(Br)c1)S(=O)(=O)Cl. The summed E-state index contributed by atoms with van der Waals surface area (Å²) in [6, 6.07) is 7.32. The van der Waals surface area contributed by atoms with Crippen LogP contribution in [0.15, 0.2) is 28.7 Å². The van der Waals surface area contributed by atoms with E-state index in [4.69, 9.17) is 10.7 Å². The maximum absolute atomic E-state index is 11.3. The van der Waals surface area contributed by atoms with Gasteiger partial charge in [0.05, 0.1) is 0 Å². The third-order valence-electron chi connectivity index (χ3n) is 2.08. The summed E-state index contributed by atoms with van der Waals surface area (Å²) in [4.78, 5) is 0. The molecule has 0 aromatic heterocycles. The molecule has 0 saturated carbocycles. The quantitative estimate of drug-likeness (QED) is 0.797. The second kappa shape index (κ2) is 5.49. The number of benzene rings is 1. The van der Waals surface area contributed by atoms with E-state index in [0.29, 0.717) is 0 Å². The molecule has 0 saturated heterocycles. The van der Waals surface area contributed by atoms with E-state index in [1.54, 1.807) is 13.8 Å². The Kier molecular flexibility index (Phi) is 4.79. The van der Waals surface area contributed by atoms with E-state index < -0.39 is 9.24 Å². The van der Waals surface area contributed by atoms with Crippen LogP contribution >= 0.6 is 26.6 Å². The van der Waals surface area contributed by atoms with E-state index >= 15 is 0 Å². The van der Waals surface area contributed by atoms with Crippen LogP contribution in [0.25, 0.3) is 0 Å². The lowest BCUT2D eigenvalue weighted by Crippen LogP contribution is -2.33. The molecule has 6 heteroatoms. The Morgan fingerprint density at radius 1 is 1.44 bits per heavy atom. The Hall–Kier alpha value is -0.100. The fourth-order valence-electron chi connectivity index (χ4n) is 1.33. The summed E-state index contributed by atoms with van der Waals surface area (Å²) in [5, 5.41) is 0. The molecule has 0 radical (unpaired) electrons. The summed E-state index contributed by atoms with van der Waals surface area (Å²) in [5.74, 6) is 0. The van der Waals surface area contributed by atoms with E-state index in [1.807, 2.05) is 24.3 Å². The lowest BCUT2D eigenvalue weighted by molar-refractivity contribution is 0.356. The molecule has 0 heterocycles. The molecule has 0 atom stereocenters. The molecular weight excluding hydrogens is 314 g/mol. The van der Waals surface area contributed by atoms with Gasteiger partial charge in [-0.25, -0.2) is 0 Å². The smallest absolute Gasteiger partial charge is 0.195 e. The van der Waals surface area contributed by atoms with Crippen molar-refractivity contribution in [2.45, 2.75) is 26.4 Å². The molecule has 16 heavy (non-hydrogen) atoms. The van der Waals surface area contributed by atoms with Crippen LogP contribution < -0.4 is 0 Å². The first-order valence-corrected chi connectivity index (χ1v) is 7.82. The minimum atomic E-state index is -3.68. The summed E-state index contributed by atoms with van der Waals surface area (Å²) < 4.78 is 24.8. The normalized spacial score (nSPS) is 12.4. The Balaban J connectivity index is 2.93. The van der Waals surface area contributed by atoms with Gasteiger partial charge in [0, 0.05) is 27.7 Å². The number of nitrogens with zero attached hydrogens (tertiary/aromatic N) is 1. The lowest BCUT2D eigenvalue weighted by atomic mass is 10.2. The maximum Gasteiger partial charge on any atom is 0.300 e. The predicted octanol–water partition coefficient (Wildman–Crippen LogP) is 3.14. The van der Waals surface area contributed by atoms with Crippen molar-refractivity contribution in [3.8, 4) is 0 Å². The molecular formula is C10H13BrClNO2S. The van der Waals surface area contributed by atoms with Crippen molar-refractivity contribution in [2.24, 2.45) is 0 Å². The molecule has 1 aromatic carbocycles. The van der Waals surface area contributed by atoms with Crippen LogP contribution in [-0.2, 0) is 15.8 Å². The highest BCUT2D eigenvalue weighted by Crippen LogP contribution is 2.18. The van der Waals surface area contributed by atoms with Crippen molar-refractivity contribution in [3.63, 3.8) is 0 Å². The zero-order valence-electron chi connectivity index (χ0n) is 9.02. The number of hydrogen-bond donors (Lipinski definition) is 0. The second-order valence-electron chi connectivity index (χ2n) is 3.71. The van der Waals surface area contributed by atoms with Crippen molar-refractivity contribution in [1.82, 2.24) is 4.31 Å². The Labute approximate surface area is 109 Å². The summed E-state index contributed by atoms with van der Waals surface area (Å²) in [7, 11) is 1.69. The van der Waals surface area contributed by atoms with Gasteiger partial charge < -0.3 is 0 Å². The Morgan fingerprint density at radius 3 is 2.50 bits per heavy atom. The molecule has 0 aliphatic rings. The minimum Gasteiger partial charge on any atom is -0.195 e. The van der Waals surface area contributed by atoms with Crippen LogP contribution in [0.2, 0.25) is 0 Å². The van der Waals surface area contributed by atoms with Crippen molar-refractivity contribution in [1.29, 1.82) is 0 Å². The van der Waals surface area contributed by atoms with Gasteiger partial charge in [-0.15, -0.1) is 0 Å². The molecule has 0 bridgehead atoms. The van der Waals surface area contributed by atoms with Crippen LogP contribution in [0, 0.1) is 0 Å². The lowest BCUT2D eigenvalue weighted by Gasteiger charge is -2.22. The van der Waals surface area contributed by atoms with Gasteiger partial charge in [0.15, 0.2) is 0 Å². The first-order chi connectivity index (χ1) is 7.30. The summed E-state index contributed by atoms with van der Waals surface area (Å²) in [6.45, 7) is 3.86. The molecule has 90 valence electrons. The summed E-state index contributed by atoms with van der Waals surface area (Å²) in [5.41, 5.74) is 0.896. The van der Waals surface area contributed by atoms with Gasteiger partial charge in [-0.2, -0.15) is 12.7 Å². The molecule has 0 unspecified atom stereocenters. The molecule has 0 aliphatic carbocycles. The molecule has 1 rings (SSSR count). The molecule has 0 spiro atoms. The highest BCUT2D eigenvalue weighted by atomic mass is 79.9. The van der Waals surface area contributed by atoms with Gasteiger partial charge >= 0.3 is 0 Å². The van der Waals surface area contributed by atoms with E-state index in [-0.39, 0.29) is 12.6 Å². The van der Waals surface area contributed by atoms with Crippen LogP contribution in [0.4, 0.5) is 0 Å². The second-order valence-corrected chi connectivity index (χ2v) is 7.09. The summed E-state index contributed by atoms with van der Waals surface area (Å²) >= 11 is 3.34. The van der Waals surface area contributed by atoms with Gasteiger partial charge in [0.25, 0.3) is 9.24 Å². The van der Waals surface area contributed by atoms with Crippen LogP contribution in [0.5, 0.6) is 0 Å². The number of rotatable bonds is 4. The summed E-state index contributed by atoms with van der Waals surface area (Å²) in [6.07, 6.45) is 0. The van der Waals surface area contributed by atoms with Gasteiger partial charge in [-0.1, -0.05) is 28.1 Å². The van der Waals surface area contributed by atoms with E-state index in [2.05, 4.69) is 15.9 Å². The Morgan fingerprint density at radius 2 is 2.06 bits per heavy atom. The highest BCUT2D eigenvalue weighted by molar-refractivity contribution is 9.10. The first kappa shape index (κ1) is 14.0. The average Bonchev–Trinajstić information content (AvgIpc) is 2.12. The van der Waals surface area contributed by atoms with Gasteiger partial charge in [-0.3, -0.25) is 0 Å². The first-order valence-electron chi connectivity index (χ1n) is 4.76. The molecule has 1 aromatic rings. The monoisotopic (exact) mass is 325 g/mol. The van der Waals surface area contributed by atoms with Crippen LogP contribution in [-0.4, -0.2) is 18.8 Å². The fourth-order valence-corrected chi connectivity index (χ4v) is 3.20. The van der Waals surface area contributed by atoms with E-state index in [9.17, 15) is 8.42 Å². The van der Waals surface area contributed by atoms with Gasteiger partial charge in [0.1, 0.15) is 0 Å². The zero-order chi connectivity index (χ0) is 12.3. The van der Waals surface area contributed by atoms with Crippen LogP contribution in [0.1, 0.15) is 19.4 Å². The number of halogens is 2. The average molecular weight is 327 g/mol. The van der Waals surface area contributed by atoms with Crippen molar-refractivity contribution in [3.05, 3.63) is 34.3 Å². The molecule has 0 amide bonds. The largest absolute Gasteiger partial charge is 0.300 e. The fraction of sp³-hybridized carbons (Fsp3) is 0.400. The third kappa shape index (κ3) is 4.05. The predicted molar refractivity (Wildman–Crippen MR) is 69.6 cm³/mol. The molecule has 0 aliphatic heterocycles. The molecule has 0 fully saturated rings. The minimum absolute atomic E-state index is 0.165.